The van der Waals surface area contributed by atoms with E-state index in [-0.39, 0.29) is 5.82 Å². The van der Waals surface area contributed by atoms with Crippen LogP contribution in [0.5, 0.6) is 0 Å². The van der Waals surface area contributed by atoms with Gasteiger partial charge in [-0.25, -0.2) is 4.39 Å². The molecule has 1 aromatic rings. The predicted octanol–water partition coefficient (Wildman–Crippen LogP) is 3.79. The van der Waals surface area contributed by atoms with Gasteiger partial charge >= 0.3 is 0 Å². The minimum Gasteiger partial charge on any atom is -0.299 e. The lowest BCUT2D eigenvalue weighted by Gasteiger charge is -2.29. The Bertz CT molecular complexity index is 364. The highest BCUT2D eigenvalue weighted by Gasteiger charge is 2.18. The first kappa shape index (κ1) is 12.3. The Balaban J connectivity index is 2.01. The minimum absolute atomic E-state index is 0.190. The van der Waals surface area contributed by atoms with Crippen LogP contribution >= 0.6 is 27.5 Å². The zero-order valence-electron chi connectivity index (χ0n) is 8.93. The van der Waals surface area contributed by atoms with E-state index in [1.54, 1.807) is 6.07 Å². The van der Waals surface area contributed by atoms with Crippen LogP contribution in [0.1, 0.15) is 18.4 Å². The van der Waals surface area contributed by atoms with Gasteiger partial charge in [0.2, 0.25) is 0 Å². The molecule has 0 radical (unpaired) electrons. The van der Waals surface area contributed by atoms with Gasteiger partial charge in [-0.2, -0.15) is 0 Å². The Morgan fingerprint density at radius 1 is 1.38 bits per heavy atom. The van der Waals surface area contributed by atoms with E-state index < -0.39 is 0 Å². The van der Waals surface area contributed by atoms with Crippen molar-refractivity contribution < 1.29 is 4.39 Å². The van der Waals surface area contributed by atoms with Crippen molar-refractivity contribution in [2.75, 3.05) is 13.1 Å². The quantitative estimate of drug-likeness (QED) is 0.751. The van der Waals surface area contributed by atoms with Crippen LogP contribution in [-0.2, 0) is 6.54 Å². The van der Waals surface area contributed by atoms with Crippen molar-refractivity contribution in [2.24, 2.45) is 0 Å². The number of hydrogen-bond acceptors (Lipinski definition) is 1. The molecule has 88 valence electrons. The summed E-state index contributed by atoms with van der Waals surface area (Å²) in [7, 11) is 0. The van der Waals surface area contributed by atoms with Gasteiger partial charge in [0.15, 0.2) is 0 Å². The molecule has 0 unspecified atom stereocenters. The van der Waals surface area contributed by atoms with E-state index in [1.165, 1.54) is 6.07 Å². The molecule has 0 atom stereocenters. The van der Waals surface area contributed by atoms with Crippen molar-refractivity contribution in [2.45, 2.75) is 24.8 Å². The SMILES string of the molecule is Fc1cccc(CN2CCC(Cl)CC2)c1Br. The summed E-state index contributed by atoms with van der Waals surface area (Å²) < 4.78 is 13.9. The van der Waals surface area contributed by atoms with E-state index >= 15 is 0 Å². The molecule has 0 bridgehead atoms. The predicted molar refractivity (Wildman–Crippen MR) is 68.3 cm³/mol. The number of halogens is 3. The first-order chi connectivity index (χ1) is 7.66. The summed E-state index contributed by atoms with van der Waals surface area (Å²) in [5.41, 5.74) is 1.01. The third-order valence-corrected chi connectivity index (χ3v) is 4.27. The van der Waals surface area contributed by atoms with Crippen LogP contribution in [0.4, 0.5) is 4.39 Å². The van der Waals surface area contributed by atoms with Gasteiger partial charge < -0.3 is 0 Å². The van der Waals surface area contributed by atoms with Crippen molar-refractivity contribution in [1.29, 1.82) is 0 Å². The molecule has 1 aliphatic rings. The molecular formula is C12H14BrClFN. The molecule has 1 heterocycles. The van der Waals surface area contributed by atoms with Crippen molar-refractivity contribution in [1.82, 2.24) is 4.90 Å². The lowest BCUT2D eigenvalue weighted by atomic mass is 10.1. The van der Waals surface area contributed by atoms with Crippen LogP contribution in [0, 0.1) is 5.82 Å². The molecule has 0 aliphatic carbocycles. The monoisotopic (exact) mass is 305 g/mol. The summed E-state index contributed by atoms with van der Waals surface area (Å²) in [4.78, 5) is 2.32. The number of piperidine rings is 1. The van der Waals surface area contributed by atoms with Crippen LogP contribution in [0.25, 0.3) is 0 Å². The summed E-state index contributed by atoms with van der Waals surface area (Å²) in [6.07, 6.45) is 2.04. The maximum Gasteiger partial charge on any atom is 0.137 e. The molecule has 1 aliphatic heterocycles. The van der Waals surface area contributed by atoms with Crippen molar-refractivity contribution in [3.63, 3.8) is 0 Å². The Hall–Kier alpha value is -0.120. The molecule has 0 saturated carbocycles. The molecular weight excluding hydrogens is 292 g/mol. The second-order valence-electron chi connectivity index (χ2n) is 4.16. The maximum atomic E-state index is 13.3. The standard InChI is InChI=1S/C12H14BrClFN/c13-12-9(2-1-3-11(12)15)8-16-6-4-10(14)5-7-16/h1-3,10H,4-8H2. The van der Waals surface area contributed by atoms with E-state index in [0.29, 0.717) is 9.85 Å². The number of benzene rings is 1. The van der Waals surface area contributed by atoms with Gasteiger partial charge in [-0.3, -0.25) is 4.90 Å². The van der Waals surface area contributed by atoms with Gasteiger partial charge in [-0.15, -0.1) is 11.6 Å². The average Bonchev–Trinajstić information content (AvgIpc) is 2.28. The molecule has 1 fully saturated rings. The zero-order valence-corrected chi connectivity index (χ0v) is 11.3. The number of rotatable bonds is 2. The van der Waals surface area contributed by atoms with Gasteiger partial charge in [-0.1, -0.05) is 12.1 Å². The average molecular weight is 307 g/mol. The van der Waals surface area contributed by atoms with Crippen molar-refractivity contribution in [3.05, 3.63) is 34.1 Å². The normalized spacial score (nSPS) is 18.9. The fourth-order valence-electron chi connectivity index (χ4n) is 1.97. The van der Waals surface area contributed by atoms with Crippen molar-refractivity contribution >= 4 is 27.5 Å². The summed E-state index contributed by atoms with van der Waals surface area (Å²) in [6, 6.07) is 5.18. The Labute approximate surface area is 109 Å². The van der Waals surface area contributed by atoms with Crippen molar-refractivity contribution in [3.8, 4) is 0 Å². The van der Waals surface area contributed by atoms with Crippen LogP contribution in [0.15, 0.2) is 22.7 Å². The first-order valence-electron chi connectivity index (χ1n) is 5.46. The van der Waals surface area contributed by atoms with Crippen LogP contribution in [0.2, 0.25) is 0 Å². The van der Waals surface area contributed by atoms with Gasteiger partial charge in [0.1, 0.15) is 5.82 Å². The number of hydrogen-bond donors (Lipinski definition) is 0. The molecule has 0 aromatic heterocycles. The summed E-state index contributed by atoms with van der Waals surface area (Å²) in [5.74, 6) is -0.190. The Morgan fingerprint density at radius 3 is 2.75 bits per heavy atom. The number of alkyl halides is 1. The molecule has 4 heteroatoms. The molecule has 2 rings (SSSR count). The molecule has 0 spiro atoms. The highest BCUT2D eigenvalue weighted by atomic mass is 79.9. The molecule has 1 saturated heterocycles. The van der Waals surface area contributed by atoms with E-state index in [1.807, 2.05) is 6.07 Å². The number of nitrogens with zero attached hydrogens (tertiary/aromatic N) is 1. The van der Waals surface area contributed by atoms with Gasteiger partial charge in [-0.05, 0) is 53.5 Å². The topological polar surface area (TPSA) is 3.24 Å². The van der Waals surface area contributed by atoms with Crippen LogP contribution < -0.4 is 0 Å². The van der Waals surface area contributed by atoms with Crippen LogP contribution in [0.3, 0.4) is 0 Å². The van der Waals surface area contributed by atoms with E-state index in [0.717, 1.165) is 38.0 Å². The van der Waals surface area contributed by atoms with E-state index in [9.17, 15) is 4.39 Å². The molecule has 1 aromatic carbocycles. The zero-order chi connectivity index (χ0) is 11.5. The number of likely N-dealkylation sites (tertiary alicyclic amines) is 1. The summed E-state index contributed by atoms with van der Waals surface area (Å²) in [5, 5.41) is 0.312. The van der Waals surface area contributed by atoms with Gasteiger partial charge in [0.25, 0.3) is 0 Å². The van der Waals surface area contributed by atoms with E-state index in [4.69, 9.17) is 11.6 Å². The third kappa shape index (κ3) is 2.96. The second-order valence-corrected chi connectivity index (χ2v) is 5.57. The molecule has 1 nitrogen and oxygen atoms in total. The first-order valence-corrected chi connectivity index (χ1v) is 6.69. The molecule has 0 N–H and O–H groups in total. The smallest absolute Gasteiger partial charge is 0.137 e. The Kier molecular flexibility index (Phi) is 4.22. The summed E-state index contributed by atoms with van der Waals surface area (Å²) in [6.45, 7) is 2.79. The highest BCUT2D eigenvalue weighted by Crippen LogP contribution is 2.24. The lowest BCUT2D eigenvalue weighted by Crippen LogP contribution is -2.33. The minimum atomic E-state index is -0.190. The van der Waals surface area contributed by atoms with Gasteiger partial charge in [0, 0.05) is 11.9 Å². The lowest BCUT2D eigenvalue weighted by molar-refractivity contribution is 0.222. The maximum absolute atomic E-state index is 13.3. The molecule has 16 heavy (non-hydrogen) atoms. The van der Waals surface area contributed by atoms with E-state index in [2.05, 4.69) is 20.8 Å². The highest BCUT2D eigenvalue weighted by molar-refractivity contribution is 9.10. The van der Waals surface area contributed by atoms with Crippen LogP contribution in [-0.4, -0.2) is 23.4 Å². The second kappa shape index (κ2) is 5.48. The third-order valence-electron chi connectivity index (χ3n) is 2.94. The Morgan fingerprint density at radius 2 is 2.06 bits per heavy atom. The molecule has 0 amide bonds. The summed E-state index contributed by atoms with van der Waals surface area (Å²) >= 11 is 9.34. The fraction of sp³-hybridized carbons (Fsp3) is 0.500. The fourth-order valence-corrected chi connectivity index (χ4v) is 2.56. The largest absolute Gasteiger partial charge is 0.299 e. The van der Waals surface area contributed by atoms with Gasteiger partial charge in [0.05, 0.1) is 4.47 Å².